The molecule has 0 amide bonds. The molecule has 3 rings (SSSR count). The molecule has 118 valence electrons. The zero-order valence-electron chi connectivity index (χ0n) is 11.5. The van der Waals surface area contributed by atoms with Crippen molar-refractivity contribution < 1.29 is 17.6 Å². The molecule has 1 aromatic heterocycles. The summed E-state index contributed by atoms with van der Waals surface area (Å²) in [5.74, 6) is -0.118. The van der Waals surface area contributed by atoms with Crippen LogP contribution >= 0.6 is 11.6 Å². The maximum atomic E-state index is 13.1. The normalized spacial score (nSPS) is 11.8. The van der Waals surface area contributed by atoms with Gasteiger partial charge >= 0.3 is 11.8 Å². The van der Waals surface area contributed by atoms with E-state index in [-0.39, 0.29) is 17.7 Å². The van der Waals surface area contributed by atoms with Crippen LogP contribution in [-0.2, 0) is 12.6 Å². The van der Waals surface area contributed by atoms with Crippen molar-refractivity contribution in [2.75, 3.05) is 0 Å². The second-order valence-corrected chi connectivity index (χ2v) is 5.27. The predicted octanol–water partition coefficient (Wildman–Crippen LogP) is 4.45. The molecule has 0 aliphatic carbocycles. The van der Waals surface area contributed by atoms with E-state index < -0.39 is 22.9 Å². The average Bonchev–Trinajstić information content (AvgIpc) is 2.48. The molecule has 2 aromatic carbocycles. The van der Waals surface area contributed by atoms with Crippen LogP contribution in [0.25, 0.3) is 10.9 Å². The standard InChI is InChI=1S/C16H9ClF3NO2/c17-12-7-2-1-4-9(12)8-13-21-14-10(15(22)23-13)5-3-6-11(14)16(18,19)20/h1-7H,8H2. The highest BCUT2D eigenvalue weighted by Crippen LogP contribution is 2.33. The molecule has 0 saturated carbocycles. The van der Waals surface area contributed by atoms with Crippen molar-refractivity contribution in [3.05, 3.63) is 74.9 Å². The van der Waals surface area contributed by atoms with E-state index in [0.29, 0.717) is 10.6 Å². The van der Waals surface area contributed by atoms with Crippen molar-refractivity contribution in [1.29, 1.82) is 0 Å². The molecule has 0 saturated heterocycles. The van der Waals surface area contributed by atoms with E-state index in [0.717, 1.165) is 12.1 Å². The summed E-state index contributed by atoms with van der Waals surface area (Å²) < 4.78 is 44.3. The lowest BCUT2D eigenvalue weighted by atomic mass is 10.1. The van der Waals surface area contributed by atoms with E-state index in [1.54, 1.807) is 24.3 Å². The van der Waals surface area contributed by atoms with E-state index >= 15 is 0 Å². The number of fused-ring (bicyclic) bond motifs is 1. The van der Waals surface area contributed by atoms with Gasteiger partial charge in [-0.1, -0.05) is 35.9 Å². The Hall–Kier alpha value is -2.34. The van der Waals surface area contributed by atoms with Crippen LogP contribution in [0.2, 0.25) is 5.02 Å². The highest BCUT2D eigenvalue weighted by atomic mass is 35.5. The number of nitrogens with zero attached hydrogens (tertiary/aromatic N) is 1. The molecular formula is C16H9ClF3NO2. The average molecular weight is 340 g/mol. The van der Waals surface area contributed by atoms with Gasteiger partial charge in [-0.05, 0) is 23.8 Å². The Morgan fingerprint density at radius 3 is 2.52 bits per heavy atom. The SMILES string of the molecule is O=c1oc(Cc2ccccc2Cl)nc2c(C(F)(F)F)cccc12. The van der Waals surface area contributed by atoms with Crippen LogP contribution in [0.15, 0.2) is 51.7 Å². The van der Waals surface area contributed by atoms with Gasteiger partial charge in [0, 0.05) is 5.02 Å². The molecule has 23 heavy (non-hydrogen) atoms. The van der Waals surface area contributed by atoms with E-state index in [1.165, 1.54) is 6.07 Å². The van der Waals surface area contributed by atoms with Crippen LogP contribution in [0.5, 0.6) is 0 Å². The molecule has 0 aliphatic rings. The first-order valence-electron chi connectivity index (χ1n) is 6.59. The van der Waals surface area contributed by atoms with Crippen molar-refractivity contribution >= 4 is 22.5 Å². The Morgan fingerprint density at radius 2 is 1.83 bits per heavy atom. The summed E-state index contributed by atoms with van der Waals surface area (Å²) in [7, 11) is 0. The van der Waals surface area contributed by atoms with Gasteiger partial charge in [-0.25, -0.2) is 9.78 Å². The zero-order chi connectivity index (χ0) is 16.6. The van der Waals surface area contributed by atoms with Gasteiger partial charge in [-0.15, -0.1) is 0 Å². The first-order valence-corrected chi connectivity index (χ1v) is 6.97. The lowest BCUT2D eigenvalue weighted by Gasteiger charge is -2.10. The minimum absolute atomic E-state index is 0.0248. The number of aromatic nitrogens is 1. The summed E-state index contributed by atoms with van der Waals surface area (Å²) >= 11 is 6.01. The molecule has 0 atom stereocenters. The number of benzene rings is 2. The van der Waals surface area contributed by atoms with Crippen molar-refractivity contribution in [3.63, 3.8) is 0 Å². The number of rotatable bonds is 2. The molecule has 0 radical (unpaired) electrons. The van der Waals surface area contributed by atoms with Crippen LogP contribution in [0.1, 0.15) is 17.0 Å². The molecule has 3 nitrogen and oxygen atoms in total. The first kappa shape index (κ1) is 15.6. The van der Waals surface area contributed by atoms with Crippen LogP contribution in [0.4, 0.5) is 13.2 Å². The maximum Gasteiger partial charge on any atom is 0.418 e. The lowest BCUT2D eigenvalue weighted by molar-refractivity contribution is -0.136. The summed E-state index contributed by atoms with van der Waals surface area (Å²) in [6.45, 7) is 0. The molecule has 7 heteroatoms. The van der Waals surface area contributed by atoms with Crippen molar-refractivity contribution in [1.82, 2.24) is 4.98 Å². The summed E-state index contributed by atoms with van der Waals surface area (Å²) in [5, 5.41) is 0.212. The van der Waals surface area contributed by atoms with Gasteiger partial charge in [0.1, 0.15) is 0 Å². The summed E-state index contributed by atoms with van der Waals surface area (Å²) in [5.41, 5.74) is -1.64. The molecule has 0 spiro atoms. The number of hydrogen-bond donors (Lipinski definition) is 0. The topological polar surface area (TPSA) is 43.1 Å². The molecule has 1 heterocycles. The summed E-state index contributed by atoms with van der Waals surface area (Å²) in [6, 6.07) is 10.0. The van der Waals surface area contributed by atoms with Gasteiger partial charge in [-0.3, -0.25) is 0 Å². The summed E-state index contributed by atoms with van der Waals surface area (Å²) in [4.78, 5) is 15.8. The Balaban J connectivity index is 2.17. The fourth-order valence-corrected chi connectivity index (χ4v) is 2.45. The fourth-order valence-electron chi connectivity index (χ4n) is 2.25. The van der Waals surface area contributed by atoms with Gasteiger partial charge in [0.2, 0.25) is 5.89 Å². The number of halogens is 4. The van der Waals surface area contributed by atoms with Crippen LogP contribution in [-0.4, -0.2) is 4.98 Å². The monoisotopic (exact) mass is 339 g/mol. The third-order valence-corrected chi connectivity index (χ3v) is 3.68. The lowest BCUT2D eigenvalue weighted by Crippen LogP contribution is -2.12. The van der Waals surface area contributed by atoms with Gasteiger partial charge < -0.3 is 4.42 Å². The fraction of sp³-hybridized carbons (Fsp3) is 0.125. The molecule has 3 aromatic rings. The second-order valence-electron chi connectivity index (χ2n) is 4.86. The minimum Gasteiger partial charge on any atom is -0.408 e. The van der Waals surface area contributed by atoms with Gasteiger partial charge in [0.25, 0.3) is 0 Å². The van der Waals surface area contributed by atoms with E-state index in [9.17, 15) is 18.0 Å². The molecular weight excluding hydrogens is 331 g/mol. The first-order chi connectivity index (χ1) is 10.9. The third kappa shape index (κ3) is 3.07. The Morgan fingerprint density at radius 1 is 1.09 bits per heavy atom. The highest BCUT2D eigenvalue weighted by Gasteiger charge is 2.33. The Bertz CT molecular complexity index is 934. The number of hydrogen-bond acceptors (Lipinski definition) is 3. The van der Waals surface area contributed by atoms with Crippen molar-refractivity contribution in [2.45, 2.75) is 12.6 Å². The van der Waals surface area contributed by atoms with Crippen LogP contribution < -0.4 is 5.63 Å². The smallest absolute Gasteiger partial charge is 0.408 e. The third-order valence-electron chi connectivity index (χ3n) is 3.31. The van der Waals surface area contributed by atoms with E-state index in [1.807, 2.05) is 0 Å². The Labute approximate surface area is 133 Å². The highest BCUT2D eigenvalue weighted by molar-refractivity contribution is 6.31. The minimum atomic E-state index is -4.61. The second kappa shape index (κ2) is 5.70. The van der Waals surface area contributed by atoms with Crippen LogP contribution in [0, 0.1) is 0 Å². The van der Waals surface area contributed by atoms with E-state index in [4.69, 9.17) is 16.0 Å². The van der Waals surface area contributed by atoms with Gasteiger partial charge in [0.15, 0.2) is 0 Å². The molecule has 0 aliphatic heterocycles. The molecule has 0 bridgehead atoms. The quantitative estimate of drug-likeness (QED) is 0.692. The van der Waals surface area contributed by atoms with E-state index in [2.05, 4.69) is 4.98 Å². The Kier molecular flexibility index (Phi) is 3.85. The number of alkyl halides is 3. The van der Waals surface area contributed by atoms with Gasteiger partial charge in [0.05, 0.1) is 22.9 Å². The van der Waals surface area contributed by atoms with Crippen molar-refractivity contribution in [2.24, 2.45) is 0 Å². The van der Waals surface area contributed by atoms with Crippen molar-refractivity contribution in [3.8, 4) is 0 Å². The molecule has 0 fully saturated rings. The van der Waals surface area contributed by atoms with Crippen LogP contribution in [0.3, 0.4) is 0 Å². The summed E-state index contributed by atoms with van der Waals surface area (Å²) in [6.07, 6.45) is -4.58. The predicted molar refractivity (Wildman–Crippen MR) is 79.5 cm³/mol. The number of para-hydroxylation sites is 1. The zero-order valence-corrected chi connectivity index (χ0v) is 12.3. The molecule has 0 unspecified atom stereocenters. The largest absolute Gasteiger partial charge is 0.418 e. The van der Waals surface area contributed by atoms with Gasteiger partial charge in [-0.2, -0.15) is 13.2 Å². The molecule has 0 N–H and O–H groups in total. The maximum absolute atomic E-state index is 13.1.